The molecule has 0 radical (unpaired) electrons. The van der Waals surface area contributed by atoms with Crippen LogP contribution in [0.4, 0.5) is 4.79 Å². The van der Waals surface area contributed by atoms with Gasteiger partial charge in [-0.15, -0.1) is 0 Å². The van der Waals surface area contributed by atoms with Crippen molar-refractivity contribution in [2.24, 2.45) is 0 Å². The lowest BCUT2D eigenvalue weighted by Gasteiger charge is -2.32. The molecule has 2 aliphatic rings. The molecule has 0 unspecified atom stereocenters. The number of amides is 1. The van der Waals surface area contributed by atoms with E-state index in [1.807, 2.05) is 27.7 Å². The fourth-order valence-electron chi connectivity index (χ4n) is 3.20. The predicted octanol–water partition coefficient (Wildman–Crippen LogP) is 1.56. The number of carbonyl (C=O) groups is 1. The smallest absolute Gasteiger partial charge is 0.444 e. The van der Waals surface area contributed by atoms with Crippen molar-refractivity contribution in [2.75, 3.05) is 13.1 Å². The topological polar surface area (TPSA) is 108 Å². The van der Waals surface area contributed by atoms with Crippen molar-refractivity contribution in [3.05, 3.63) is 12.4 Å². The molecule has 0 spiro atoms. The Kier molecular flexibility index (Phi) is 5.71. The Labute approximate surface area is 178 Å². The van der Waals surface area contributed by atoms with Gasteiger partial charge in [0.1, 0.15) is 5.60 Å². The summed E-state index contributed by atoms with van der Waals surface area (Å²) in [5.41, 5.74) is -1.12. The van der Waals surface area contributed by atoms with Gasteiger partial charge in [0.05, 0.1) is 16.5 Å². The van der Waals surface area contributed by atoms with Crippen LogP contribution in [0.1, 0.15) is 54.9 Å². The number of hydrogen-bond acceptors (Lipinski definition) is 8. The Morgan fingerprint density at radius 3 is 2.20 bits per heavy atom. The maximum absolute atomic E-state index is 13.0. The highest BCUT2D eigenvalue weighted by Gasteiger charge is 2.52. The van der Waals surface area contributed by atoms with E-state index in [9.17, 15) is 13.2 Å². The average molecular weight is 439 g/mol. The Balaban J connectivity index is 1.70. The van der Waals surface area contributed by atoms with Crippen LogP contribution in [-0.4, -0.2) is 71.6 Å². The van der Waals surface area contributed by atoms with Crippen LogP contribution in [0.2, 0.25) is 0 Å². The molecule has 1 atom stereocenters. The molecule has 1 amide bonds. The summed E-state index contributed by atoms with van der Waals surface area (Å²) in [5.74, 6) is 0. The summed E-state index contributed by atoms with van der Waals surface area (Å²) in [6.07, 6.45) is 2.63. The molecule has 9 nitrogen and oxygen atoms in total. The van der Waals surface area contributed by atoms with E-state index in [1.165, 1.54) is 17.3 Å². The maximum atomic E-state index is 13.0. The standard InChI is InChI=1S/C19H30BN3O6S/c1-17(2,3)27-16(24)23-9-8-14(12-23)30(25,26)15-21-10-13(11-22-15)20-28-18(4,5)19(6,7)29-20/h10-11,14H,8-9,12H2,1-7H3/t14-/m1/s1. The molecule has 3 heterocycles. The minimum absolute atomic E-state index is 0.0551. The predicted molar refractivity (Wildman–Crippen MR) is 111 cm³/mol. The first kappa shape index (κ1) is 23.0. The van der Waals surface area contributed by atoms with Crippen molar-refractivity contribution >= 4 is 28.5 Å². The fourth-order valence-corrected chi connectivity index (χ4v) is 4.69. The molecule has 2 saturated heterocycles. The summed E-state index contributed by atoms with van der Waals surface area (Å²) >= 11 is 0. The molecule has 11 heteroatoms. The van der Waals surface area contributed by atoms with Crippen molar-refractivity contribution in [3.63, 3.8) is 0 Å². The zero-order chi connectivity index (χ0) is 22.5. The van der Waals surface area contributed by atoms with Crippen molar-refractivity contribution in [1.29, 1.82) is 0 Å². The molecule has 3 rings (SSSR count). The van der Waals surface area contributed by atoms with Gasteiger partial charge in [0.15, 0.2) is 0 Å². The van der Waals surface area contributed by atoms with Crippen LogP contribution in [0.5, 0.6) is 0 Å². The van der Waals surface area contributed by atoms with Crippen LogP contribution in [0, 0.1) is 0 Å². The van der Waals surface area contributed by atoms with Gasteiger partial charge in [0.25, 0.3) is 0 Å². The lowest BCUT2D eigenvalue weighted by Crippen LogP contribution is -2.41. The van der Waals surface area contributed by atoms with Gasteiger partial charge in [-0.1, -0.05) is 0 Å². The van der Waals surface area contributed by atoms with Gasteiger partial charge in [0.2, 0.25) is 15.0 Å². The molecule has 30 heavy (non-hydrogen) atoms. The fraction of sp³-hybridized carbons (Fsp3) is 0.737. The second-order valence-corrected chi connectivity index (χ2v) is 11.9. The van der Waals surface area contributed by atoms with Crippen LogP contribution >= 0.6 is 0 Å². The Morgan fingerprint density at radius 2 is 1.70 bits per heavy atom. The van der Waals surface area contributed by atoms with Crippen LogP contribution in [-0.2, 0) is 23.9 Å². The van der Waals surface area contributed by atoms with E-state index in [-0.39, 0.29) is 11.7 Å². The first-order valence-corrected chi connectivity index (χ1v) is 11.6. The molecule has 2 fully saturated rings. The Bertz CT molecular complexity index is 895. The second kappa shape index (κ2) is 7.46. The second-order valence-electron chi connectivity index (χ2n) is 9.77. The summed E-state index contributed by atoms with van der Waals surface area (Å²) in [6, 6.07) is 0. The number of sulfone groups is 1. The molecule has 0 aliphatic carbocycles. The van der Waals surface area contributed by atoms with Gasteiger partial charge in [-0.25, -0.2) is 23.2 Å². The van der Waals surface area contributed by atoms with Gasteiger partial charge in [-0.3, -0.25) is 0 Å². The molecule has 2 aliphatic heterocycles. The monoisotopic (exact) mass is 439 g/mol. The molecule has 0 saturated carbocycles. The van der Waals surface area contributed by atoms with Crippen LogP contribution in [0.3, 0.4) is 0 Å². The third-order valence-electron chi connectivity index (χ3n) is 5.66. The van der Waals surface area contributed by atoms with Gasteiger partial charge in [-0.2, -0.15) is 0 Å². The van der Waals surface area contributed by atoms with Crippen LogP contribution < -0.4 is 5.46 Å². The summed E-state index contributed by atoms with van der Waals surface area (Å²) in [7, 11) is -4.45. The van der Waals surface area contributed by atoms with Crippen LogP contribution in [0.25, 0.3) is 0 Å². The minimum atomic E-state index is -3.79. The lowest BCUT2D eigenvalue weighted by atomic mass is 9.81. The van der Waals surface area contributed by atoms with Crippen molar-refractivity contribution in [3.8, 4) is 0 Å². The Morgan fingerprint density at radius 1 is 1.17 bits per heavy atom. The van der Waals surface area contributed by atoms with Gasteiger partial charge < -0.3 is 18.9 Å². The lowest BCUT2D eigenvalue weighted by molar-refractivity contribution is 0.00578. The van der Waals surface area contributed by atoms with E-state index in [1.54, 1.807) is 20.8 Å². The van der Waals surface area contributed by atoms with E-state index in [2.05, 4.69) is 9.97 Å². The van der Waals surface area contributed by atoms with E-state index in [0.29, 0.717) is 18.4 Å². The molecular weight excluding hydrogens is 409 g/mol. The SMILES string of the molecule is CC(C)(C)OC(=O)N1CC[C@@H](S(=O)(=O)c2ncc(B3OC(C)(C)C(C)(C)O3)cn2)C1. The number of carbonyl (C=O) groups excluding carboxylic acids is 1. The Hall–Kier alpha value is -1.72. The molecule has 1 aromatic heterocycles. The van der Waals surface area contributed by atoms with E-state index >= 15 is 0 Å². The zero-order valence-corrected chi connectivity index (χ0v) is 19.4. The van der Waals surface area contributed by atoms with E-state index in [4.69, 9.17) is 14.0 Å². The largest absolute Gasteiger partial charge is 0.498 e. The molecule has 1 aromatic rings. The zero-order valence-electron chi connectivity index (χ0n) is 18.6. The quantitative estimate of drug-likeness (QED) is 0.516. The summed E-state index contributed by atoms with van der Waals surface area (Å²) in [5, 5.41) is -1.04. The van der Waals surface area contributed by atoms with Crippen LogP contribution in [0.15, 0.2) is 17.6 Å². The van der Waals surface area contributed by atoms with Crippen molar-refractivity contribution in [1.82, 2.24) is 14.9 Å². The number of rotatable bonds is 3. The normalized spacial score (nSPS) is 23.6. The number of ether oxygens (including phenoxy) is 1. The van der Waals surface area contributed by atoms with Gasteiger partial charge >= 0.3 is 13.2 Å². The van der Waals surface area contributed by atoms with Gasteiger partial charge in [-0.05, 0) is 54.9 Å². The third-order valence-corrected chi connectivity index (χ3v) is 7.65. The highest BCUT2D eigenvalue weighted by molar-refractivity contribution is 7.91. The molecular formula is C19H30BN3O6S. The summed E-state index contributed by atoms with van der Waals surface area (Å²) in [6.45, 7) is 13.4. The molecule has 0 bridgehead atoms. The molecule has 0 aromatic carbocycles. The van der Waals surface area contributed by atoms with Crippen molar-refractivity contribution < 1.29 is 27.3 Å². The summed E-state index contributed by atoms with van der Waals surface area (Å²) in [4.78, 5) is 21.8. The first-order chi connectivity index (χ1) is 13.6. The first-order valence-electron chi connectivity index (χ1n) is 10.0. The van der Waals surface area contributed by atoms with Gasteiger partial charge in [0, 0.05) is 30.9 Å². The highest BCUT2D eigenvalue weighted by atomic mass is 32.2. The average Bonchev–Trinajstić information content (AvgIpc) is 3.17. The number of nitrogens with zero attached hydrogens (tertiary/aromatic N) is 3. The number of likely N-dealkylation sites (tertiary alicyclic amines) is 1. The third kappa shape index (κ3) is 4.47. The van der Waals surface area contributed by atoms with Crippen molar-refractivity contribution in [2.45, 2.75) is 82.1 Å². The highest BCUT2D eigenvalue weighted by Crippen LogP contribution is 2.36. The number of aromatic nitrogens is 2. The van der Waals surface area contributed by atoms with E-state index < -0.39 is 45.1 Å². The maximum Gasteiger partial charge on any atom is 0.498 e. The minimum Gasteiger partial charge on any atom is -0.444 e. The van der Waals surface area contributed by atoms with E-state index in [0.717, 1.165) is 0 Å². The summed E-state index contributed by atoms with van der Waals surface area (Å²) < 4.78 is 43.1. The molecule has 166 valence electrons. The number of hydrogen-bond donors (Lipinski definition) is 0. The molecule has 0 N–H and O–H groups in total.